The molecule has 0 aliphatic carbocycles. The van der Waals surface area contributed by atoms with Crippen LogP contribution in [0.4, 0.5) is 4.39 Å². The minimum atomic E-state index is -0.347. The van der Waals surface area contributed by atoms with E-state index in [1.807, 2.05) is 6.20 Å². The van der Waals surface area contributed by atoms with Crippen molar-refractivity contribution in [3.8, 4) is 0 Å². The lowest BCUT2D eigenvalue weighted by Gasteiger charge is -2.15. The Morgan fingerprint density at radius 1 is 1.47 bits per heavy atom. The molecule has 0 spiro atoms. The average molecular weight is 284 g/mol. The van der Waals surface area contributed by atoms with Crippen LogP contribution >= 0.6 is 11.6 Å². The van der Waals surface area contributed by atoms with Gasteiger partial charge in [-0.3, -0.25) is 16.0 Å². The van der Waals surface area contributed by atoms with Crippen molar-refractivity contribution >= 4 is 11.6 Å². The minimum absolute atomic E-state index is 0.0420. The Balaban J connectivity index is 2.06. The monoisotopic (exact) mass is 283 g/mol. The number of halogens is 2. The smallest absolute Gasteiger partial charge is 0.124 e. The molecule has 1 heterocycles. The van der Waals surface area contributed by atoms with E-state index < -0.39 is 0 Å². The van der Waals surface area contributed by atoms with Crippen molar-refractivity contribution in [3.05, 3.63) is 46.5 Å². The fourth-order valence-electron chi connectivity index (χ4n) is 1.88. The number of nitrogens with zero attached hydrogens (tertiary/aromatic N) is 3. The number of hydrogen-bond acceptors (Lipinski definition) is 4. The molecule has 0 bridgehead atoms. The zero-order valence-electron chi connectivity index (χ0n) is 10.5. The summed E-state index contributed by atoms with van der Waals surface area (Å²) in [6.45, 7) is 0. The molecule has 2 aromatic rings. The summed E-state index contributed by atoms with van der Waals surface area (Å²) >= 11 is 6.00. The molecule has 1 aromatic carbocycles. The van der Waals surface area contributed by atoms with E-state index in [2.05, 4.69) is 15.7 Å². The van der Waals surface area contributed by atoms with Gasteiger partial charge in [0.2, 0.25) is 0 Å². The van der Waals surface area contributed by atoms with Gasteiger partial charge in [0.1, 0.15) is 5.82 Å². The lowest BCUT2D eigenvalue weighted by Crippen LogP contribution is -2.38. The van der Waals surface area contributed by atoms with Crippen molar-refractivity contribution in [2.75, 3.05) is 0 Å². The Morgan fingerprint density at radius 2 is 2.26 bits per heavy atom. The first-order valence-electron chi connectivity index (χ1n) is 5.83. The minimum Gasteiger partial charge on any atom is -0.271 e. The molecule has 0 amide bonds. The molecular formula is C12H15ClFN5. The molecule has 0 saturated heterocycles. The summed E-state index contributed by atoms with van der Waals surface area (Å²) in [7, 11) is 1.80. The number of hydrazine groups is 1. The van der Waals surface area contributed by atoms with Crippen LogP contribution in [-0.2, 0) is 19.9 Å². The van der Waals surface area contributed by atoms with E-state index in [1.165, 1.54) is 12.1 Å². The van der Waals surface area contributed by atoms with Crippen LogP contribution < -0.4 is 11.3 Å². The van der Waals surface area contributed by atoms with Crippen LogP contribution in [0.2, 0.25) is 5.02 Å². The third-order valence-electron chi connectivity index (χ3n) is 2.82. The van der Waals surface area contributed by atoms with Crippen molar-refractivity contribution in [2.45, 2.75) is 18.9 Å². The maximum atomic E-state index is 13.0. The highest BCUT2D eigenvalue weighted by molar-refractivity contribution is 6.31. The van der Waals surface area contributed by atoms with Gasteiger partial charge in [-0.05, 0) is 24.1 Å². The van der Waals surface area contributed by atoms with Crippen molar-refractivity contribution in [3.63, 3.8) is 0 Å². The molecule has 1 aromatic heterocycles. The van der Waals surface area contributed by atoms with Crippen LogP contribution in [0.5, 0.6) is 0 Å². The summed E-state index contributed by atoms with van der Waals surface area (Å²) in [5, 5.41) is 8.27. The maximum absolute atomic E-state index is 13.0. The highest BCUT2D eigenvalue weighted by Gasteiger charge is 2.13. The molecule has 102 valence electrons. The van der Waals surface area contributed by atoms with Gasteiger partial charge in [-0.1, -0.05) is 22.9 Å². The number of nitrogens with two attached hydrogens (primary N) is 1. The van der Waals surface area contributed by atoms with Crippen LogP contribution in [-0.4, -0.2) is 21.0 Å². The van der Waals surface area contributed by atoms with Gasteiger partial charge in [-0.2, -0.15) is 0 Å². The molecule has 1 unspecified atom stereocenters. The summed E-state index contributed by atoms with van der Waals surface area (Å²) in [5.41, 5.74) is 4.40. The second-order valence-corrected chi connectivity index (χ2v) is 4.80. The zero-order valence-corrected chi connectivity index (χ0v) is 11.2. The van der Waals surface area contributed by atoms with Gasteiger partial charge in [-0.25, -0.2) is 4.39 Å². The SMILES string of the molecule is Cn1cc(CC(Cc2ccc(F)cc2Cl)NN)nn1. The van der Waals surface area contributed by atoms with Gasteiger partial charge >= 0.3 is 0 Å². The van der Waals surface area contributed by atoms with Crippen molar-refractivity contribution < 1.29 is 4.39 Å². The number of hydrogen-bond donors (Lipinski definition) is 2. The van der Waals surface area contributed by atoms with Gasteiger partial charge in [-0.15, -0.1) is 5.10 Å². The Bertz CT molecular complexity index is 557. The van der Waals surface area contributed by atoms with Crippen LogP contribution in [0.1, 0.15) is 11.3 Å². The zero-order chi connectivity index (χ0) is 13.8. The molecule has 19 heavy (non-hydrogen) atoms. The number of benzene rings is 1. The highest BCUT2D eigenvalue weighted by atomic mass is 35.5. The molecule has 0 fully saturated rings. The van der Waals surface area contributed by atoms with Gasteiger partial charge in [0.05, 0.1) is 5.69 Å². The van der Waals surface area contributed by atoms with E-state index in [9.17, 15) is 4.39 Å². The van der Waals surface area contributed by atoms with Gasteiger partial charge in [0, 0.05) is 30.7 Å². The van der Waals surface area contributed by atoms with Crippen molar-refractivity contribution in [2.24, 2.45) is 12.9 Å². The van der Waals surface area contributed by atoms with Crippen molar-refractivity contribution in [1.82, 2.24) is 20.4 Å². The second kappa shape index (κ2) is 6.10. The fourth-order valence-corrected chi connectivity index (χ4v) is 2.13. The van der Waals surface area contributed by atoms with Crippen LogP contribution in [0, 0.1) is 5.82 Å². The fraction of sp³-hybridized carbons (Fsp3) is 0.333. The van der Waals surface area contributed by atoms with E-state index in [0.717, 1.165) is 11.3 Å². The molecule has 0 aliphatic rings. The third kappa shape index (κ3) is 3.73. The number of aromatic nitrogens is 3. The van der Waals surface area contributed by atoms with Crippen LogP contribution in [0.3, 0.4) is 0 Å². The number of aryl methyl sites for hydroxylation is 1. The first kappa shape index (κ1) is 13.9. The maximum Gasteiger partial charge on any atom is 0.124 e. The normalized spacial score (nSPS) is 12.6. The Morgan fingerprint density at radius 3 is 2.84 bits per heavy atom. The largest absolute Gasteiger partial charge is 0.271 e. The summed E-state index contributed by atoms with van der Waals surface area (Å²) < 4.78 is 14.6. The summed E-state index contributed by atoms with van der Waals surface area (Å²) in [4.78, 5) is 0. The van der Waals surface area contributed by atoms with Gasteiger partial charge < -0.3 is 0 Å². The number of rotatable bonds is 5. The van der Waals surface area contributed by atoms with E-state index in [-0.39, 0.29) is 11.9 Å². The molecule has 0 saturated carbocycles. The molecule has 0 radical (unpaired) electrons. The molecule has 0 aliphatic heterocycles. The summed E-state index contributed by atoms with van der Waals surface area (Å²) in [6.07, 6.45) is 3.04. The molecule has 3 N–H and O–H groups in total. The summed E-state index contributed by atoms with van der Waals surface area (Å²) in [6, 6.07) is 4.31. The molecule has 1 atom stereocenters. The Hall–Kier alpha value is -1.50. The Kier molecular flexibility index (Phi) is 4.47. The lowest BCUT2D eigenvalue weighted by atomic mass is 10.0. The first-order chi connectivity index (χ1) is 9.08. The first-order valence-corrected chi connectivity index (χ1v) is 6.21. The third-order valence-corrected chi connectivity index (χ3v) is 3.17. The van der Waals surface area contributed by atoms with Gasteiger partial charge in [0.15, 0.2) is 0 Å². The van der Waals surface area contributed by atoms with E-state index in [4.69, 9.17) is 17.4 Å². The van der Waals surface area contributed by atoms with Crippen LogP contribution in [0.15, 0.2) is 24.4 Å². The predicted molar refractivity (Wildman–Crippen MR) is 70.9 cm³/mol. The standard InChI is InChI=1S/C12H15ClFN5/c1-19-7-11(17-18-19)6-10(16-15)4-8-2-3-9(14)5-12(8)13/h2-3,5,7,10,16H,4,6,15H2,1H3. The van der Waals surface area contributed by atoms with E-state index >= 15 is 0 Å². The van der Waals surface area contributed by atoms with E-state index in [0.29, 0.717) is 17.9 Å². The topological polar surface area (TPSA) is 68.8 Å². The molecular weight excluding hydrogens is 269 g/mol. The Labute approximate surface area is 115 Å². The highest BCUT2D eigenvalue weighted by Crippen LogP contribution is 2.19. The summed E-state index contributed by atoms with van der Waals surface area (Å²) in [5.74, 6) is 5.19. The molecule has 7 heteroatoms. The lowest BCUT2D eigenvalue weighted by molar-refractivity contribution is 0.516. The van der Waals surface area contributed by atoms with Gasteiger partial charge in [0.25, 0.3) is 0 Å². The second-order valence-electron chi connectivity index (χ2n) is 4.39. The quantitative estimate of drug-likeness (QED) is 0.640. The van der Waals surface area contributed by atoms with Crippen molar-refractivity contribution in [1.29, 1.82) is 0 Å². The molecule has 5 nitrogen and oxygen atoms in total. The van der Waals surface area contributed by atoms with E-state index in [1.54, 1.807) is 17.8 Å². The number of nitrogens with one attached hydrogen (secondary N) is 1. The average Bonchev–Trinajstić information content (AvgIpc) is 2.77. The van der Waals surface area contributed by atoms with Crippen LogP contribution in [0.25, 0.3) is 0 Å². The predicted octanol–water partition coefficient (Wildman–Crippen LogP) is 1.22. The molecule has 2 rings (SSSR count).